The third-order valence-corrected chi connectivity index (χ3v) is 2.36. The molecule has 0 bridgehead atoms. The number of nitrogens with one attached hydrogen (secondary N) is 1. The second-order valence-corrected chi connectivity index (χ2v) is 3.71. The molecule has 1 heterocycles. The fourth-order valence-corrected chi connectivity index (χ4v) is 1.49. The van der Waals surface area contributed by atoms with Crippen molar-refractivity contribution in [1.82, 2.24) is 10.2 Å². The molecule has 0 aliphatic carbocycles. The van der Waals surface area contributed by atoms with Gasteiger partial charge in [-0.25, -0.2) is 5.10 Å². The van der Waals surface area contributed by atoms with Crippen LogP contribution in [0.2, 0.25) is 0 Å². The monoisotopic (exact) mass is 252 g/mol. The smallest absolute Gasteiger partial charge is 0.264 e. The summed E-state index contributed by atoms with van der Waals surface area (Å²) in [4.78, 5) is 10.9. The summed E-state index contributed by atoms with van der Waals surface area (Å²) in [6.07, 6.45) is 8.81. The number of aromatic amines is 1. The van der Waals surface area contributed by atoms with Gasteiger partial charge in [-0.2, -0.15) is 5.10 Å². The minimum atomic E-state index is -0.227. The Labute approximate surface area is 110 Å². The third-order valence-electron chi connectivity index (χ3n) is 2.36. The Kier molecular flexibility index (Phi) is 4.14. The van der Waals surface area contributed by atoms with E-state index in [1.165, 1.54) is 6.07 Å². The molecule has 4 nitrogen and oxygen atoms in total. The van der Waals surface area contributed by atoms with Gasteiger partial charge in [0.2, 0.25) is 0 Å². The van der Waals surface area contributed by atoms with Crippen LogP contribution in [0.1, 0.15) is 11.3 Å². The van der Waals surface area contributed by atoms with Crippen molar-refractivity contribution >= 4 is 12.2 Å². The standard InChI is InChI=1S/C15H12N2O2/c1-2-11-19-14-6-4-3-5-12(14)7-8-13-9-10-15(18)17-16-13/h1,3-10H,11H2,(H,17,18)/b8-7+. The van der Waals surface area contributed by atoms with Gasteiger partial charge in [0, 0.05) is 11.6 Å². The van der Waals surface area contributed by atoms with E-state index in [2.05, 4.69) is 16.1 Å². The molecule has 2 rings (SSSR count). The minimum absolute atomic E-state index is 0.224. The Morgan fingerprint density at radius 2 is 2.11 bits per heavy atom. The van der Waals surface area contributed by atoms with Crippen LogP contribution in [0.15, 0.2) is 41.2 Å². The van der Waals surface area contributed by atoms with E-state index in [-0.39, 0.29) is 12.2 Å². The summed E-state index contributed by atoms with van der Waals surface area (Å²) in [7, 11) is 0. The number of benzene rings is 1. The maximum absolute atomic E-state index is 10.9. The minimum Gasteiger partial charge on any atom is -0.480 e. The Bertz CT molecular complexity index is 661. The summed E-state index contributed by atoms with van der Waals surface area (Å²) in [6, 6.07) is 10.6. The lowest BCUT2D eigenvalue weighted by molar-refractivity contribution is 0.369. The molecule has 0 amide bonds. The first-order valence-electron chi connectivity index (χ1n) is 5.69. The molecule has 1 aromatic heterocycles. The molecule has 0 radical (unpaired) electrons. The van der Waals surface area contributed by atoms with Crippen LogP contribution in [0.25, 0.3) is 12.2 Å². The van der Waals surface area contributed by atoms with E-state index in [4.69, 9.17) is 11.2 Å². The molecule has 0 saturated heterocycles. The number of aromatic nitrogens is 2. The fourth-order valence-electron chi connectivity index (χ4n) is 1.49. The first-order valence-corrected chi connectivity index (χ1v) is 5.69. The molecular formula is C15H12N2O2. The van der Waals surface area contributed by atoms with Crippen LogP contribution in [0.3, 0.4) is 0 Å². The highest BCUT2D eigenvalue weighted by Gasteiger charge is 1.98. The number of hydrogen-bond donors (Lipinski definition) is 1. The van der Waals surface area contributed by atoms with Crippen LogP contribution in [-0.4, -0.2) is 16.8 Å². The summed E-state index contributed by atoms with van der Waals surface area (Å²) in [5, 5.41) is 6.26. The van der Waals surface area contributed by atoms with Gasteiger partial charge in [0.25, 0.3) is 5.56 Å². The SMILES string of the molecule is C#CCOc1ccccc1/C=C/c1ccc(=O)[nH]n1. The summed E-state index contributed by atoms with van der Waals surface area (Å²) in [5.74, 6) is 3.13. The van der Waals surface area contributed by atoms with Crippen molar-refractivity contribution in [3.63, 3.8) is 0 Å². The van der Waals surface area contributed by atoms with E-state index in [0.29, 0.717) is 11.4 Å². The van der Waals surface area contributed by atoms with E-state index >= 15 is 0 Å². The quantitative estimate of drug-likeness (QED) is 0.846. The van der Waals surface area contributed by atoms with E-state index in [1.54, 1.807) is 12.1 Å². The zero-order valence-corrected chi connectivity index (χ0v) is 10.2. The molecule has 0 aliphatic heterocycles. The lowest BCUT2D eigenvalue weighted by Gasteiger charge is -2.05. The molecule has 0 saturated carbocycles. The van der Waals surface area contributed by atoms with Crippen molar-refractivity contribution in [2.45, 2.75) is 0 Å². The topological polar surface area (TPSA) is 55.0 Å². The van der Waals surface area contributed by atoms with Gasteiger partial charge in [0.15, 0.2) is 0 Å². The third kappa shape index (κ3) is 3.58. The molecule has 0 unspecified atom stereocenters. The highest BCUT2D eigenvalue weighted by Crippen LogP contribution is 2.20. The number of hydrogen-bond acceptors (Lipinski definition) is 3. The van der Waals surface area contributed by atoms with Gasteiger partial charge in [-0.3, -0.25) is 4.79 Å². The van der Waals surface area contributed by atoms with Crippen molar-refractivity contribution in [2.24, 2.45) is 0 Å². The zero-order valence-electron chi connectivity index (χ0n) is 10.2. The number of rotatable bonds is 4. The van der Waals surface area contributed by atoms with Crippen molar-refractivity contribution in [3.05, 3.63) is 58.0 Å². The molecule has 0 spiro atoms. The number of ether oxygens (including phenoxy) is 1. The average Bonchev–Trinajstić information content (AvgIpc) is 2.45. The second-order valence-electron chi connectivity index (χ2n) is 3.71. The van der Waals surface area contributed by atoms with Gasteiger partial charge >= 0.3 is 0 Å². The van der Waals surface area contributed by atoms with Crippen molar-refractivity contribution < 1.29 is 4.74 Å². The Hall–Kier alpha value is -2.80. The molecule has 19 heavy (non-hydrogen) atoms. The Balaban J connectivity index is 2.20. The molecule has 1 N–H and O–H groups in total. The molecule has 0 fully saturated rings. The van der Waals surface area contributed by atoms with Crippen LogP contribution < -0.4 is 10.3 Å². The summed E-state index contributed by atoms with van der Waals surface area (Å²) in [5.41, 5.74) is 1.33. The largest absolute Gasteiger partial charge is 0.480 e. The zero-order chi connectivity index (χ0) is 13.5. The van der Waals surface area contributed by atoms with Gasteiger partial charge in [0.05, 0.1) is 5.69 Å². The maximum atomic E-state index is 10.9. The normalized spacial score (nSPS) is 10.3. The Morgan fingerprint density at radius 3 is 2.84 bits per heavy atom. The van der Waals surface area contributed by atoms with Crippen molar-refractivity contribution in [2.75, 3.05) is 6.61 Å². The number of nitrogens with zero attached hydrogens (tertiary/aromatic N) is 1. The van der Waals surface area contributed by atoms with Crippen LogP contribution in [0.5, 0.6) is 5.75 Å². The first-order chi connectivity index (χ1) is 9.29. The van der Waals surface area contributed by atoms with Crippen LogP contribution in [-0.2, 0) is 0 Å². The van der Waals surface area contributed by atoms with Gasteiger partial charge in [0.1, 0.15) is 12.4 Å². The molecule has 2 aromatic rings. The predicted molar refractivity (Wildman–Crippen MR) is 74.6 cm³/mol. The average molecular weight is 252 g/mol. The number of para-hydroxylation sites is 1. The van der Waals surface area contributed by atoms with E-state index < -0.39 is 0 Å². The lowest BCUT2D eigenvalue weighted by atomic mass is 10.1. The molecule has 0 atom stereocenters. The lowest BCUT2D eigenvalue weighted by Crippen LogP contribution is -2.05. The van der Waals surface area contributed by atoms with Gasteiger partial charge in [-0.15, -0.1) is 6.42 Å². The molecular weight excluding hydrogens is 240 g/mol. The number of H-pyrrole nitrogens is 1. The molecule has 94 valence electrons. The van der Waals surface area contributed by atoms with E-state index in [9.17, 15) is 4.79 Å². The maximum Gasteiger partial charge on any atom is 0.264 e. The van der Waals surface area contributed by atoms with Crippen molar-refractivity contribution in [3.8, 4) is 18.1 Å². The Morgan fingerprint density at radius 1 is 1.26 bits per heavy atom. The van der Waals surface area contributed by atoms with Gasteiger partial charge < -0.3 is 4.74 Å². The summed E-state index contributed by atoms with van der Waals surface area (Å²) in [6.45, 7) is 0.224. The van der Waals surface area contributed by atoms with E-state index in [0.717, 1.165) is 5.56 Å². The van der Waals surface area contributed by atoms with Gasteiger partial charge in [-0.1, -0.05) is 24.1 Å². The second kappa shape index (κ2) is 6.22. The van der Waals surface area contributed by atoms with E-state index in [1.807, 2.05) is 30.3 Å². The van der Waals surface area contributed by atoms with Gasteiger partial charge in [-0.05, 0) is 24.3 Å². The molecule has 0 aliphatic rings. The first kappa shape index (κ1) is 12.7. The van der Waals surface area contributed by atoms with Crippen molar-refractivity contribution in [1.29, 1.82) is 0 Å². The summed E-state index contributed by atoms with van der Waals surface area (Å²) < 4.78 is 5.43. The summed E-state index contributed by atoms with van der Waals surface area (Å²) >= 11 is 0. The van der Waals surface area contributed by atoms with Crippen LogP contribution in [0, 0.1) is 12.3 Å². The highest BCUT2D eigenvalue weighted by molar-refractivity contribution is 5.71. The highest BCUT2D eigenvalue weighted by atomic mass is 16.5. The fraction of sp³-hybridized carbons (Fsp3) is 0.0667. The molecule has 1 aromatic carbocycles. The number of terminal acetylenes is 1. The van der Waals surface area contributed by atoms with Crippen LogP contribution >= 0.6 is 0 Å². The van der Waals surface area contributed by atoms with Crippen LogP contribution in [0.4, 0.5) is 0 Å². The predicted octanol–water partition coefficient (Wildman–Crippen LogP) is 1.95. The molecule has 4 heteroatoms.